The number of alkyl halides is 3. The average Bonchev–Trinajstić information content (AvgIpc) is 2.98. The molecule has 1 N–H and O–H groups in total. The topological polar surface area (TPSA) is 55.1 Å². The summed E-state index contributed by atoms with van der Waals surface area (Å²) in [6, 6.07) is 2.77. The number of benzene rings is 2. The van der Waals surface area contributed by atoms with Crippen LogP contribution in [-0.4, -0.2) is 20.7 Å². The minimum Gasteiger partial charge on any atom is -0.493 e. The van der Waals surface area contributed by atoms with Crippen LogP contribution in [0.15, 0.2) is 24.3 Å². The van der Waals surface area contributed by atoms with Crippen molar-refractivity contribution in [1.82, 2.24) is 9.78 Å². The molecular formula is C18H8CuF8N2O2. The van der Waals surface area contributed by atoms with E-state index in [1.165, 1.54) is 0 Å². The Morgan fingerprint density at radius 3 is 1.81 bits per heavy atom. The number of carbonyl (C=O) groups excluding carboxylic acids is 1. The molecule has 0 unspecified atom stereocenters. The fourth-order valence-electron chi connectivity index (χ4n) is 2.67. The molecule has 0 aliphatic heterocycles. The van der Waals surface area contributed by atoms with Gasteiger partial charge in [-0.25, -0.2) is 22.0 Å². The molecule has 0 amide bonds. The summed E-state index contributed by atoms with van der Waals surface area (Å²) in [5.41, 5.74) is -4.10. The summed E-state index contributed by atoms with van der Waals surface area (Å²) in [5, 5.41) is 13.7. The number of halogens is 8. The van der Waals surface area contributed by atoms with E-state index in [1.807, 2.05) is 0 Å². The van der Waals surface area contributed by atoms with Crippen LogP contribution in [-0.2, 0) is 23.2 Å². The summed E-state index contributed by atoms with van der Waals surface area (Å²) >= 11 is 0. The molecular weight excluding hydrogens is 492 g/mol. The van der Waals surface area contributed by atoms with E-state index >= 15 is 0 Å². The van der Waals surface area contributed by atoms with Crippen molar-refractivity contribution in [2.45, 2.75) is 13.1 Å². The molecule has 1 heterocycles. The van der Waals surface area contributed by atoms with Crippen LogP contribution >= 0.6 is 0 Å². The molecule has 31 heavy (non-hydrogen) atoms. The first-order chi connectivity index (χ1) is 13.9. The van der Waals surface area contributed by atoms with Gasteiger partial charge in [-0.3, -0.25) is 4.79 Å². The van der Waals surface area contributed by atoms with Gasteiger partial charge in [0.2, 0.25) is 11.7 Å². The Labute approximate surface area is 178 Å². The summed E-state index contributed by atoms with van der Waals surface area (Å²) < 4.78 is 106. The molecule has 13 heteroatoms. The number of aryl methyl sites for hydroxylation is 1. The van der Waals surface area contributed by atoms with Gasteiger partial charge >= 0.3 is 6.18 Å². The summed E-state index contributed by atoms with van der Waals surface area (Å²) in [7, 11) is 0. The molecule has 0 fully saturated rings. The smallest absolute Gasteiger partial charge is 0.416 e. The Hall–Kier alpha value is -2.92. The van der Waals surface area contributed by atoms with Crippen molar-refractivity contribution >= 4 is 5.78 Å². The third-order valence-corrected chi connectivity index (χ3v) is 4.14. The van der Waals surface area contributed by atoms with E-state index in [4.69, 9.17) is 0 Å². The van der Waals surface area contributed by atoms with E-state index in [0.29, 0.717) is 12.1 Å². The maximum absolute atomic E-state index is 14.0. The van der Waals surface area contributed by atoms with Gasteiger partial charge in [-0.15, -0.1) is 0 Å². The third kappa shape index (κ3) is 4.02. The van der Waals surface area contributed by atoms with Crippen molar-refractivity contribution in [1.29, 1.82) is 0 Å². The first-order valence-electron chi connectivity index (χ1n) is 7.88. The number of hydrogen-bond donors (Lipinski definition) is 1. The number of ketones is 1. The molecule has 0 atom stereocenters. The van der Waals surface area contributed by atoms with Crippen molar-refractivity contribution in [3.63, 3.8) is 0 Å². The second-order valence-electron chi connectivity index (χ2n) is 6.02. The second-order valence-corrected chi connectivity index (χ2v) is 6.02. The fourth-order valence-corrected chi connectivity index (χ4v) is 2.67. The summed E-state index contributed by atoms with van der Waals surface area (Å²) in [4.78, 5) is 12.6. The van der Waals surface area contributed by atoms with Gasteiger partial charge in [0.05, 0.1) is 11.3 Å². The number of hydrogen-bond acceptors (Lipinski definition) is 3. The number of nitrogens with zero attached hydrogens (tertiary/aromatic N) is 2. The molecule has 0 bridgehead atoms. The zero-order valence-corrected chi connectivity index (χ0v) is 15.8. The van der Waals surface area contributed by atoms with Crippen molar-refractivity contribution < 1.29 is 62.1 Å². The van der Waals surface area contributed by atoms with Gasteiger partial charge in [0.1, 0.15) is 11.3 Å². The second kappa shape index (κ2) is 8.31. The van der Waals surface area contributed by atoms with Crippen molar-refractivity contribution in [2.75, 3.05) is 0 Å². The van der Waals surface area contributed by atoms with Gasteiger partial charge in [-0.1, -0.05) is 12.1 Å². The summed E-state index contributed by atoms with van der Waals surface area (Å²) in [5.74, 6) is -14.0. The first kappa shape index (κ1) is 24.3. The Morgan fingerprint density at radius 1 is 0.903 bits per heavy atom. The maximum atomic E-state index is 14.0. The number of carbonyl (C=O) groups is 1. The minimum absolute atomic E-state index is 0. The zero-order chi connectivity index (χ0) is 22.5. The maximum Gasteiger partial charge on any atom is 0.416 e. The van der Waals surface area contributed by atoms with Crippen LogP contribution in [0.5, 0.6) is 5.88 Å². The molecule has 0 aliphatic carbocycles. The molecule has 0 saturated heterocycles. The number of aromatic hydroxyl groups is 1. The minimum atomic E-state index is -4.67. The van der Waals surface area contributed by atoms with Gasteiger partial charge < -0.3 is 5.11 Å². The molecule has 3 aromatic rings. The van der Waals surface area contributed by atoms with E-state index < -0.39 is 63.7 Å². The van der Waals surface area contributed by atoms with Gasteiger partial charge in [-0.2, -0.15) is 23.0 Å². The predicted molar refractivity (Wildman–Crippen MR) is 84.6 cm³/mol. The quantitative estimate of drug-likeness (QED) is 0.185. The number of rotatable bonds is 3. The van der Waals surface area contributed by atoms with Crippen LogP contribution in [0, 0.1) is 36.0 Å². The monoisotopic (exact) mass is 499 g/mol. The molecule has 4 nitrogen and oxygen atoms in total. The SMILES string of the molecule is Cc1nn(-c2c(F)c(F)c(F)c(F)c2F)c(O)c1C(=O)c1ccc(C(F)(F)F)cc1.[Cu]. The van der Waals surface area contributed by atoms with E-state index in [1.54, 1.807) is 0 Å². The predicted octanol–water partition coefficient (Wildman–Crippen LogP) is 4.83. The molecule has 1 aromatic heterocycles. The van der Waals surface area contributed by atoms with Crippen LogP contribution in [0.2, 0.25) is 0 Å². The molecule has 0 aliphatic rings. The van der Waals surface area contributed by atoms with Crippen molar-refractivity contribution in [3.05, 3.63) is 75.7 Å². The van der Waals surface area contributed by atoms with Crippen LogP contribution in [0.4, 0.5) is 35.1 Å². The van der Waals surface area contributed by atoms with Gasteiger partial charge in [-0.05, 0) is 19.1 Å². The Bertz CT molecular complexity index is 1140. The van der Waals surface area contributed by atoms with Gasteiger partial charge in [0.25, 0.3) is 0 Å². The van der Waals surface area contributed by atoms with E-state index in [-0.39, 0.29) is 33.0 Å². The summed E-state index contributed by atoms with van der Waals surface area (Å²) in [6.07, 6.45) is -4.67. The zero-order valence-electron chi connectivity index (χ0n) is 14.9. The third-order valence-electron chi connectivity index (χ3n) is 4.14. The van der Waals surface area contributed by atoms with Crippen molar-refractivity contribution in [3.8, 4) is 11.6 Å². The standard InChI is InChI=1S/C18H8F8N2O2.Cu/c1-6-9(16(29)7-2-4-8(5-3-7)18(24,25)26)17(30)28(27-6)15-13(22)11(20)10(19)12(21)14(15)23;/h2-5,30H,1H3;. The Morgan fingerprint density at radius 2 is 1.35 bits per heavy atom. The summed E-state index contributed by atoms with van der Waals surface area (Å²) in [6.45, 7) is 1.08. The molecule has 2 aromatic carbocycles. The van der Waals surface area contributed by atoms with E-state index in [9.17, 15) is 45.0 Å². The van der Waals surface area contributed by atoms with Crippen molar-refractivity contribution in [2.24, 2.45) is 0 Å². The Kier molecular flexibility index (Phi) is 6.53. The van der Waals surface area contributed by atoms with Gasteiger partial charge in [0, 0.05) is 22.6 Å². The van der Waals surface area contributed by atoms with Crippen LogP contribution in [0.1, 0.15) is 27.2 Å². The molecule has 0 saturated carbocycles. The van der Waals surface area contributed by atoms with E-state index in [2.05, 4.69) is 5.10 Å². The molecule has 169 valence electrons. The molecule has 3 rings (SSSR count). The van der Waals surface area contributed by atoms with Crippen LogP contribution < -0.4 is 0 Å². The molecule has 0 spiro atoms. The average molecular weight is 500 g/mol. The number of aromatic nitrogens is 2. The first-order valence-corrected chi connectivity index (χ1v) is 7.88. The van der Waals surface area contributed by atoms with Crippen LogP contribution in [0.25, 0.3) is 5.69 Å². The Balaban J connectivity index is 0.00000341. The normalized spacial score (nSPS) is 11.4. The van der Waals surface area contributed by atoms with Gasteiger partial charge in [0.15, 0.2) is 29.1 Å². The largest absolute Gasteiger partial charge is 0.493 e. The molecule has 1 radical (unpaired) electrons. The van der Waals surface area contributed by atoms with E-state index in [0.717, 1.165) is 19.1 Å². The fraction of sp³-hybridized carbons (Fsp3) is 0.111. The van der Waals surface area contributed by atoms with Crippen LogP contribution in [0.3, 0.4) is 0 Å².